The number of hydrogen-bond donors (Lipinski definition) is 0. The van der Waals surface area contributed by atoms with Gasteiger partial charge in [-0.05, 0) is 44.5 Å². The van der Waals surface area contributed by atoms with Gasteiger partial charge in [-0.15, -0.1) is 0 Å². The average Bonchev–Trinajstić information content (AvgIpc) is 2.80. The Morgan fingerprint density at radius 3 is 2.20 bits per heavy atom. The maximum absolute atomic E-state index is 12.9. The predicted octanol–water partition coefficient (Wildman–Crippen LogP) is 2.35. The van der Waals surface area contributed by atoms with Gasteiger partial charge in [-0.25, -0.2) is 8.42 Å². The molecule has 0 bridgehead atoms. The van der Waals surface area contributed by atoms with Crippen LogP contribution < -0.4 is 4.74 Å². The Balaban J connectivity index is 2.10. The molecule has 0 atom stereocenters. The van der Waals surface area contributed by atoms with Gasteiger partial charge in [-0.3, -0.25) is 4.79 Å². The van der Waals surface area contributed by atoms with Crippen LogP contribution in [-0.2, 0) is 14.8 Å². The van der Waals surface area contributed by atoms with Crippen LogP contribution in [0.3, 0.4) is 0 Å². The second-order valence-corrected chi connectivity index (χ2v) is 8.81. The Labute approximate surface area is 150 Å². The summed E-state index contributed by atoms with van der Waals surface area (Å²) in [5.41, 5.74) is 0. The molecular formula is C18H28N2O4S. The number of benzene rings is 1. The van der Waals surface area contributed by atoms with Crippen LogP contribution in [0.15, 0.2) is 29.2 Å². The molecule has 0 aromatic heterocycles. The second kappa shape index (κ2) is 8.19. The topological polar surface area (TPSA) is 66.9 Å². The summed E-state index contributed by atoms with van der Waals surface area (Å²) in [6.07, 6.45) is 0.684. The SMILES string of the molecule is CC(C)Oc1ccc(S(=O)(=O)N2CCCN(C(=O)C(C)C)CC2)cc1. The number of sulfonamides is 1. The molecule has 1 fully saturated rings. The van der Waals surface area contributed by atoms with Gasteiger partial charge < -0.3 is 9.64 Å². The first-order valence-corrected chi connectivity index (χ1v) is 10.2. The maximum Gasteiger partial charge on any atom is 0.243 e. The monoisotopic (exact) mass is 368 g/mol. The lowest BCUT2D eigenvalue weighted by molar-refractivity contribution is -0.134. The molecule has 6 nitrogen and oxygen atoms in total. The van der Waals surface area contributed by atoms with E-state index >= 15 is 0 Å². The highest BCUT2D eigenvalue weighted by atomic mass is 32.2. The number of rotatable bonds is 5. The fourth-order valence-corrected chi connectivity index (χ4v) is 4.30. The second-order valence-electron chi connectivity index (χ2n) is 6.88. The van der Waals surface area contributed by atoms with Crippen molar-refractivity contribution in [3.63, 3.8) is 0 Å². The van der Waals surface area contributed by atoms with Crippen LogP contribution in [0, 0.1) is 5.92 Å². The van der Waals surface area contributed by atoms with Crippen LogP contribution in [0.4, 0.5) is 0 Å². The zero-order valence-corrected chi connectivity index (χ0v) is 16.3. The van der Waals surface area contributed by atoms with E-state index in [0.717, 1.165) is 0 Å². The summed E-state index contributed by atoms with van der Waals surface area (Å²) in [5, 5.41) is 0. The Bertz CT molecular complexity index is 684. The van der Waals surface area contributed by atoms with Gasteiger partial charge in [-0.1, -0.05) is 13.8 Å². The minimum Gasteiger partial charge on any atom is -0.491 e. The first-order valence-electron chi connectivity index (χ1n) is 8.77. The molecule has 1 aliphatic rings. The molecule has 0 unspecified atom stereocenters. The number of carbonyl (C=O) groups is 1. The number of ether oxygens (including phenoxy) is 1. The zero-order chi connectivity index (χ0) is 18.6. The molecule has 0 spiro atoms. The third-order valence-electron chi connectivity index (χ3n) is 4.09. The molecule has 1 aromatic carbocycles. The molecule has 1 amide bonds. The summed E-state index contributed by atoms with van der Waals surface area (Å²) in [6.45, 7) is 9.36. The van der Waals surface area contributed by atoms with Gasteiger partial charge in [0.15, 0.2) is 0 Å². The predicted molar refractivity (Wildman–Crippen MR) is 97.0 cm³/mol. The van der Waals surface area contributed by atoms with E-state index in [1.807, 2.05) is 27.7 Å². The number of carbonyl (C=O) groups excluding carboxylic acids is 1. The van der Waals surface area contributed by atoms with Crippen molar-refractivity contribution in [3.8, 4) is 5.75 Å². The van der Waals surface area contributed by atoms with Crippen LogP contribution in [-0.4, -0.2) is 55.8 Å². The van der Waals surface area contributed by atoms with E-state index in [-0.39, 0.29) is 22.8 Å². The molecule has 1 aromatic rings. The van der Waals surface area contributed by atoms with Crippen molar-refractivity contribution in [1.82, 2.24) is 9.21 Å². The van der Waals surface area contributed by atoms with Crippen molar-refractivity contribution in [2.45, 2.75) is 45.1 Å². The fraction of sp³-hybridized carbons (Fsp3) is 0.611. The molecule has 0 saturated carbocycles. The van der Waals surface area contributed by atoms with Gasteiger partial charge in [-0.2, -0.15) is 4.31 Å². The molecule has 0 radical (unpaired) electrons. The fourth-order valence-electron chi connectivity index (χ4n) is 2.83. The molecular weight excluding hydrogens is 340 g/mol. The van der Waals surface area contributed by atoms with Gasteiger partial charge in [0, 0.05) is 32.1 Å². The number of hydrogen-bond acceptors (Lipinski definition) is 4. The van der Waals surface area contributed by atoms with Crippen molar-refractivity contribution >= 4 is 15.9 Å². The Morgan fingerprint density at radius 1 is 1.00 bits per heavy atom. The Hall–Kier alpha value is -1.60. The zero-order valence-electron chi connectivity index (χ0n) is 15.4. The molecule has 25 heavy (non-hydrogen) atoms. The van der Waals surface area contributed by atoms with Crippen molar-refractivity contribution in [3.05, 3.63) is 24.3 Å². The first kappa shape index (κ1) is 19.7. The Kier molecular flexibility index (Phi) is 6.46. The molecule has 1 heterocycles. The molecule has 140 valence electrons. The van der Waals surface area contributed by atoms with Crippen LogP contribution >= 0.6 is 0 Å². The van der Waals surface area contributed by atoms with E-state index in [1.54, 1.807) is 29.2 Å². The summed E-state index contributed by atoms with van der Waals surface area (Å²) in [7, 11) is -3.56. The molecule has 1 saturated heterocycles. The van der Waals surface area contributed by atoms with Crippen LogP contribution in [0.2, 0.25) is 0 Å². The summed E-state index contributed by atoms with van der Waals surface area (Å²) in [4.78, 5) is 14.2. The van der Waals surface area contributed by atoms with Crippen molar-refractivity contribution in [2.24, 2.45) is 5.92 Å². The molecule has 0 aliphatic carbocycles. The van der Waals surface area contributed by atoms with Crippen LogP contribution in [0.25, 0.3) is 0 Å². The molecule has 2 rings (SSSR count). The van der Waals surface area contributed by atoms with Crippen molar-refractivity contribution in [1.29, 1.82) is 0 Å². The largest absolute Gasteiger partial charge is 0.491 e. The highest BCUT2D eigenvalue weighted by Crippen LogP contribution is 2.21. The molecule has 7 heteroatoms. The lowest BCUT2D eigenvalue weighted by Crippen LogP contribution is -2.38. The molecule has 1 aliphatic heterocycles. The van der Waals surface area contributed by atoms with E-state index in [1.165, 1.54) is 4.31 Å². The van der Waals surface area contributed by atoms with Gasteiger partial charge >= 0.3 is 0 Å². The van der Waals surface area contributed by atoms with E-state index in [2.05, 4.69) is 0 Å². The third-order valence-corrected chi connectivity index (χ3v) is 6.01. The summed E-state index contributed by atoms with van der Waals surface area (Å²) in [6, 6.07) is 6.52. The van der Waals surface area contributed by atoms with Gasteiger partial charge in [0.1, 0.15) is 5.75 Å². The summed E-state index contributed by atoms with van der Waals surface area (Å²) < 4.78 is 32.8. The number of nitrogens with zero attached hydrogens (tertiary/aromatic N) is 2. The van der Waals surface area contributed by atoms with E-state index in [0.29, 0.717) is 38.3 Å². The van der Waals surface area contributed by atoms with Crippen molar-refractivity contribution < 1.29 is 17.9 Å². The van der Waals surface area contributed by atoms with Gasteiger partial charge in [0.2, 0.25) is 15.9 Å². The summed E-state index contributed by atoms with van der Waals surface area (Å²) >= 11 is 0. The van der Waals surface area contributed by atoms with Crippen molar-refractivity contribution in [2.75, 3.05) is 26.2 Å². The van der Waals surface area contributed by atoms with Gasteiger partial charge in [0.05, 0.1) is 11.0 Å². The lowest BCUT2D eigenvalue weighted by Gasteiger charge is -2.23. The standard InChI is InChI=1S/C18H28N2O4S/c1-14(2)18(21)19-10-5-11-20(13-12-19)25(22,23)17-8-6-16(7-9-17)24-15(3)4/h6-9,14-15H,5,10-13H2,1-4H3. The summed E-state index contributed by atoms with van der Waals surface area (Å²) in [5.74, 6) is 0.657. The number of amides is 1. The highest BCUT2D eigenvalue weighted by molar-refractivity contribution is 7.89. The quantitative estimate of drug-likeness (QED) is 0.800. The third kappa shape index (κ3) is 4.95. The lowest BCUT2D eigenvalue weighted by atomic mass is 10.2. The highest BCUT2D eigenvalue weighted by Gasteiger charge is 2.28. The van der Waals surface area contributed by atoms with Crippen LogP contribution in [0.5, 0.6) is 5.75 Å². The molecule has 0 N–H and O–H groups in total. The normalized spacial score (nSPS) is 17.0. The smallest absolute Gasteiger partial charge is 0.243 e. The van der Waals surface area contributed by atoms with E-state index in [4.69, 9.17) is 4.74 Å². The first-order chi connectivity index (χ1) is 11.7. The minimum absolute atomic E-state index is 0.0394. The van der Waals surface area contributed by atoms with Gasteiger partial charge in [0.25, 0.3) is 0 Å². The van der Waals surface area contributed by atoms with Crippen LogP contribution in [0.1, 0.15) is 34.1 Å². The Morgan fingerprint density at radius 2 is 1.64 bits per heavy atom. The average molecular weight is 368 g/mol. The van der Waals surface area contributed by atoms with E-state index < -0.39 is 10.0 Å². The maximum atomic E-state index is 12.9. The minimum atomic E-state index is -3.56. The van der Waals surface area contributed by atoms with E-state index in [9.17, 15) is 13.2 Å².